The van der Waals surface area contributed by atoms with Crippen molar-refractivity contribution in [3.05, 3.63) is 95.8 Å². The molecule has 0 saturated carbocycles. The van der Waals surface area contributed by atoms with Crippen molar-refractivity contribution in [2.45, 2.75) is 5.92 Å². The Hall–Kier alpha value is -2.55. The van der Waals surface area contributed by atoms with Crippen molar-refractivity contribution in [1.29, 1.82) is 0 Å². The Morgan fingerprint density at radius 2 is 1.40 bits per heavy atom. The summed E-state index contributed by atoms with van der Waals surface area (Å²) < 4.78 is 13.5. The van der Waals surface area contributed by atoms with Crippen molar-refractivity contribution < 1.29 is 4.39 Å². The summed E-state index contributed by atoms with van der Waals surface area (Å²) in [6.45, 7) is 0. The molecule has 3 rings (SSSR count). The van der Waals surface area contributed by atoms with Crippen LogP contribution in [-0.2, 0) is 0 Å². The molecule has 0 saturated heterocycles. The quantitative estimate of drug-likeness (QED) is 0.719. The molecule has 0 fully saturated rings. The Kier molecular flexibility index (Phi) is 3.50. The zero-order valence-electron chi connectivity index (χ0n) is 10.8. The summed E-state index contributed by atoms with van der Waals surface area (Å²) in [7, 11) is 0. The van der Waals surface area contributed by atoms with Crippen molar-refractivity contribution >= 4 is 0 Å². The second-order valence-electron chi connectivity index (χ2n) is 4.50. The van der Waals surface area contributed by atoms with E-state index in [4.69, 9.17) is 0 Å². The molecule has 1 aromatic carbocycles. The van der Waals surface area contributed by atoms with Crippen LogP contribution >= 0.6 is 0 Å². The van der Waals surface area contributed by atoms with E-state index in [0.29, 0.717) is 0 Å². The van der Waals surface area contributed by atoms with Gasteiger partial charge in [-0.2, -0.15) is 0 Å². The van der Waals surface area contributed by atoms with Crippen LogP contribution in [0.1, 0.15) is 22.9 Å². The lowest BCUT2D eigenvalue weighted by molar-refractivity contribution is 0.624. The lowest BCUT2D eigenvalue weighted by atomic mass is 9.91. The van der Waals surface area contributed by atoms with E-state index >= 15 is 0 Å². The summed E-state index contributed by atoms with van der Waals surface area (Å²) in [5.74, 6) is -0.410. The number of hydrogen-bond acceptors (Lipinski definition) is 2. The smallest absolute Gasteiger partial charge is 0.123 e. The van der Waals surface area contributed by atoms with Crippen molar-refractivity contribution in [1.82, 2.24) is 9.97 Å². The number of benzene rings is 1. The maximum atomic E-state index is 13.5. The van der Waals surface area contributed by atoms with E-state index in [0.717, 1.165) is 17.0 Å². The summed E-state index contributed by atoms with van der Waals surface area (Å²) >= 11 is 0. The molecule has 0 atom stereocenters. The maximum Gasteiger partial charge on any atom is 0.123 e. The second kappa shape index (κ2) is 5.61. The van der Waals surface area contributed by atoms with Gasteiger partial charge in [0.15, 0.2) is 0 Å². The number of rotatable bonds is 3. The fraction of sp³-hybridized carbons (Fsp3) is 0.0588. The third kappa shape index (κ3) is 2.57. The number of pyridine rings is 2. The van der Waals surface area contributed by atoms with Gasteiger partial charge in [0.2, 0.25) is 0 Å². The normalized spacial score (nSPS) is 10.7. The Labute approximate surface area is 117 Å². The van der Waals surface area contributed by atoms with Crippen LogP contribution in [0.4, 0.5) is 4.39 Å². The summed E-state index contributed by atoms with van der Waals surface area (Å²) in [5, 5.41) is 0. The fourth-order valence-electron chi connectivity index (χ4n) is 2.27. The first-order valence-corrected chi connectivity index (χ1v) is 6.42. The zero-order valence-corrected chi connectivity index (χ0v) is 10.8. The molecule has 0 radical (unpaired) electrons. The third-order valence-corrected chi connectivity index (χ3v) is 3.15. The van der Waals surface area contributed by atoms with Crippen molar-refractivity contribution in [2.75, 3.05) is 0 Å². The Balaban J connectivity index is 2.14. The van der Waals surface area contributed by atoms with E-state index in [1.807, 2.05) is 42.5 Å². The Morgan fingerprint density at radius 1 is 0.750 bits per heavy atom. The molecule has 0 aliphatic carbocycles. The molecule has 98 valence electrons. The average Bonchev–Trinajstić information content (AvgIpc) is 2.50. The van der Waals surface area contributed by atoms with Crippen LogP contribution in [0.25, 0.3) is 0 Å². The van der Waals surface area contributed by atoms with Crippen LogP contribution < -0.4 is 0 Å². The van der Waals surface area contributed by atoms with Crippen molar-refractivity contribution in [3.63, 3.8) is 0 Å². The molecule has 3 aromatic rings. The summed E-state index contributed by atoms with van der Waals surface area (Å²) in [4.78, 5) is 8.80. The van der Waals surface area contributed by atoms with Crippen LogP contribution in [0.5, 0.6) is 0 Å². The Morgan fingerprint density at radius 3 is 1.90 bits per heavy atom. The Bertz CT molecular complexity index is 644. The van der Waals surface area contributed by atoms with Gasteiger partial charge in [-0.3, -0.25) is 9.97 Å². The highest BCUT2D eigenvalue weighted by Crippen LogP contribution is 2.29. The lowest BCUT2D eigenvalue weighted by Gasteiger charge is -2.16. The van der Waals surface area contributed by atoms with Crippen LogP contribution in [0.15, 0.2) is 73.1 Å². The highest BCUT2D eigenvalue weighted by atomic mass is 19.1. The minimum Gasteiger partial charge on any atom is -0.260 e. The van der Waals surface area contributed by atoms with Gasteiger partial charge in [-0.05, 0) is 42.0 Å². The molecule has 0 unspecified atom stereocenters. The molecule has 3 heteroatoms. The largest absolute Gasteiger partial charge is 0.260 e. The molecule has 0 bridgehead atoms. The van der Waals surface area contributed by atoms with Crippen molar-refractivity contribution in [3.8, 4) is 0 Å². The maximum absolute atomic E-state index is 13.5. The van der Waals surface area contributed by atoms with E-state index in [9.17, 15) is 4.39 Å². The minimum absolute atomic E-state index is 0.159. The topological polar surface area (TPSA) is 25.8 Å². The molecule has 2 heterocycles. The molecule has 0 N–H and O–H groups in total. The number of halogens is 1. The first-order chi connectivity index (χ1) is 9.84. The first kappa shape index (κ1) is 12.5. The van der Waals surface area contributed by atoms with Gasteiger partial charge >= 0.3 is 0 Å². The molecular weight excluding hydrogens is 251 g/mol. The van der Waals surface area contributed by atoms with Crippen LogP contribution in [0.3, 0.4) is 0 Å². The number of hydrogen-bond donors (Lipinski definition) is 0. The molecule has 2 nitrogen and oxygen atoms in total. The highest BCUT2D eigenvalue weighted by Gasteiger charge is 2.19. The van der Waals surface area contributed by atoms with E-state index in [-0.39, 0.29) is 11.7 Å². The molecule has 0 amide bonds. The van der Waals surface area contributed by atoms with E-state index in [1.165, 1.54) is 12.1 Å². The van der Waals surface area contributed by atoms with Gasteiger partial charge in [0, 0.05) is 12.4 Å². The number of nitrogens with zero attached hydrogens (tertiary/aromatic N) is 2. The number of aromatic nitrogens is 2. The molecule has 0 aliphatic heterocycles. The predicted molar refractivity (Wildman–Crippen MR) is 75.8 cm³/mol. The zero-order chi connectivity index (χ0) is 13.8. The third-order valence-electron chi connectivity index (χ3n) is 3.15. The van der Waals surface area contributed by atoms with Gasteiger partial charge in [0.05, 0.1) is 17.3 Å². The molecule has 0 spiro atoms. The second-order valence-corrected chi connectivity index (χ2v) is 4.50. The SMILES string of the molecule is Fc1cccc(C(c2ccccn2)c2ccccn2)c1. The molecule has 2 aromatic heterocycles. The van der Waals surface area contributed by atoms with Crippen LogP contribution in [-0.4, -0.2) is 9.97 Å². The monoisotopic (exact) mass is 264 g/mol. The van der Waals surface area contributed by atoms with E-state index in [1.54, 1.807) is 18.5 Å². The van der Waals surface area contributed by atoms with Gasteiger partial charge in [-0.15, -0.1) is 0 Å². The van der Waals surface area contributed by atoms with Gasteiger partial charge in [0.1, 0.15) is 5.82 Å². The van der Waals surface area contributed by atoms with Crippen LogP contribution in [0, 0.1) is 5.82 Å². The molecular formula is C17H13FN2. The van der Waals surface area contributed by atoms with Gasteiger partial charge in [0.25, 0.3) is 0 Å². The van der Waals surface area contributed by atoms with E-state index < -0.39 is 0 Å². The molecule has 20 heavy (non-hydrogen) atoms. The standard InChI is InChI=1S/C17H13FN2/c18-14-7-5-6-13(12-14)17(15-8-1-3-10-19-15)16-9-2-4-11-20-16/h1-12,17H. The average molecular weight is 264 g/mol. The molecule has 0 aliphatic rings. The summed E-state index contributed by atoms with van der Waals surface area (Å²) in [5.41, 5.74) is 2.57. The van der Waals surface area contributed by atoms with Gasteiger partial charge in [-0.1, -0.05) is 24.3 Å². The van der Waals surface area contributed by atoms with Gasteiger partial charge < -0.3 is 0 Å². The lowest BCUT2D eigenvalue weighted by Crippen LogP contribution is -2.07. The summed E-state index contributed by atoms with van der Waals surface area (Å²) in [6.07, 6.45) is 3.48. The van der Waals surface area contributed by atoms with Gasteiger partial charge in [-0.25, -0.2) is 4.39 Å². The van der Waals surface area contributed by atoms with Crippen molar-refractivity contribution in [2.24, 2.45) is 0 Å². The summed E-state index contributed by atoms with van der Waals surface area (Å²) in [6, 6.07) is 18.0. The van der Waals surface area contributed by atoms with E-state index in [2.05, 4.69) is 9.97 Å². The minimum atomic E-state index is -0.251. The van der Waals surface area contributed by atoms with Crippen LogP contribution in [0.2, 0.25) is 0 Å². The fourth-order valence-corrected chi connectivity index (χ4v) is 2.27. The predicted octanol–water partition coefficient (Wildman–Crippen LogP) is 3.80. The highest BCUT2D eigenvalue weighted by molar-refractivity contribution is 5.37. The first-order valence-electron chi connectivity index (χ1n) is 6.42.